The van der Waals surface area contributed by atoms with Crippen molar-refractivity contribution in [3.8, 4) is 10.4 Å². The Labute approximate surface area is 156 Å². The quantitative estimate of drug-likeness (QED) is 0.732. The summed E-state index contributed by atoms with van der Waals surface area (Å²) in [5.74, 6) is 0.347. The van der Waals surface area contributed by atoms with Crippen LogP contribution in [0.3, 0.4) is 0 Å². The summed E-state index contributed by atoms with van der Waals surface area (Å²) < 4.78 is 5.49. The molecule has 0 spiro atoms. The van der Waals surface area contributed by atoms with Gasteiger partial charge in [0.1, 0.15) is 11.9 Å². The van der Waals surface area contributed by atoms with Crippen molar-refractivity contribution >= 4 is 22.1 Å². The third kappa shape index (κ3) is 3.34. The molecule has 0 bridgehead atoms. The zero-order chi connectivity index (χ0) is 18.1. The highest BCUT2D eigenvalue weighted by atomic mass is 32.1. The lowest BCUT2D eigenvalue weighted by molar-refractivity contribution is 0.166. The van der Waals surface area contributed by atoms with Crippen LogP contribution in [0.1, 0.15) is 42.9 Å². The van der Waals surface area contributed by atoms with Gasteiger partial charge in [0.15, 0.2) is 0 Å². The highest BCUT2D eigenvalue weighted by molar-refractivity contribution is 7.15. The Morgan fingerprint density at radius 3 is 2.58 bits per heavy atom. The van der Waals surface area contributed by atoms with Gasteiger partial charge in [0.2, 0.25) is 0 Å². The summed E-state index contributed by atoms with van der Waals surface area (Å²) in [5, 5.41) is 11.6. The topological polar surface area (TPSA) is 53.7 Å². The number of aliphatic hydroxyl groups excluding tert-OH is 1. The van der Waals surface area contributed by atoms with Gasteiger partial charge in [-0.1, -0.05) is 24.6 Å². The molecule has 136 valence electrons. The average molecular weight is 369 g/mol. The zero-order valence-electron chi connectivity index (χ0n) is 14.9. The number of hydrogen-bond donors (Lipinski definition) is 1. The Bertz CT molecular complexity index is 967. The monoisotopic (exact) mass is 369 g/mol. The van der Waals surface area contributed by atoms with Crippen LogP contribution in [0.25, 0.3) is 21.2 Å². The number of aliphatic hydroxyl groups is 1. The predicted molar refractivity (Wildman–Crippen MR) is 106 cm³/mol. The van der Waals surface area contributed by atoms with Crippen molar-refractivity contribution in [2.45, 2.75) is 38.8 Å². The molecule has 4 rings (SSSR count). The fourth-order valence-electron chi connectivity index (χ4n) is 3.70. The van der Waals surface area contributed by atoms with Crippen LogP contribution < -0.4 is 5.63 Å². The molecule has 2 aromatic heterocycles. The van der Waals surface area contributed by atoms with Crippen molar-refractivity contribution in [1.29, 1.82) is 0 Å². The molecule has 1 aliphatic heterocycles. The van der Waals surface area contributed by atoms with E-state index < -0.39 is 11.7 Å². The molecule has 1 aliphatic rings. The third-order valence-corrected chi connectivity index (χ3v) is 6.07. The molecule has 4 nitrogen and oxygen atoms in total. The van der Waals surface area contributed by atoms with Crippen molar-refractivity contribution < 1.29 is 9.52 Å². The van der Waals surface area contributed by atoms with Crippen molar-refractivity contribution in [1.82, 2.24) is 4.90 Å². The predicted octanol–water partition coefficient (Wildman–Crippen LogP) is 4.56. The van der Waals surface area contributed by atoms with Crippen LogP contribution in [-0.2, 0) is 6.54 Å². The maximum atomic E-state index is 12.3. The van der Waals surface area contributed by atoms with Gasteiger partial charge in [-0.3, -0.25) is 4.90 Å². The van der Waals surface area contributed by atoms with E-state index in [2.05, 4.69) is 17.0 Å². The molecule has 1 fully saturated rings. The fourth-order valence-corrected chi connectivity index (χ4v) is 4.82. The van der Waals surface area contributed by atoms with Gasteiger partial charge in [-0.05, 0) is 51.1 Å². The number of hydrogen-bond acceptors (Lipinski definition) is 5. The summed E-state index contributed by atoms with van der Waals surface area (Å²) in [6, 6.07) is 11.7. The van der Waals surface area contributed by atoms with Crippen LogP contribution in [0.15, 0.2) is 45.6 Å². The zero-order valence-corrected chi connectivity index (χ0v) is 15.7. The Hall–Kier alpha value is -1.95. The van der Waals surface area contributed by atoms with E-state index in [0.717, 1.165) is 35.5 Å². The maximum Gasteiger partial charge on any atom is 0.343 e. The van der Waals surface area contributed by atoms with E-state index >= 15 is 0 Å². The standard InChI is InChI=1S/C21H23NO3S/c1-14(23)20-19(16-7-3-4-8-17(16)21(24)25-20)18-10-9-15(26-18)13-22-11-5-2-6-12-22/h3-4,7-10,14,23H,2,5-6,11-13H2,1H3. The van der Waals surface area contributed by atoms with E-state index in [1.807, 2.05) is 18.2 Å². The molecule has 26 heavy (non-hydrogen) atoms. The van der Waals surface area contributed by atoms with Crippen molar-refractivity contribution in [2.24, 2.45) is 0 Å². The molecule has 1 atom stereocenters. The van der Waals surface area contributed by atoms with Gasteiger partial charge in [-0.25, -0.2) is 4.79 Å². The molecule has 0 radical (unpaired) electrons. The first-order valence-electron chi connectivity index (χ1n) is 9.19. The van der Waals surface area contributed by atoms with Gasteiger partial charge in [0.05, 0.1) is 5.39 Å². The summed E-state index contributed by atoms with van der Waals surface area (Å²) in [6.07, 6.45) is 3.05. The number of nitrogens with zero attached hydrogens (tertiary/aromatic N) is 1. The van der Waals surface area contributed by atoms with E-state index in [-0.39, 0.29) is 0 Å². The first-order valence-corrected chi connectivity index (χ1v) is 10.0. The molecule has 0 amide bonds. The fraction of sp³-hybridized carbons (Fsp3) is 0.381. The minimum absolute atomic E-state index is 0.347. The van der Waals surface area contributed by atoms with Crippen LogP contribution >= 0.6 is 11.3 Å². The number of benzene rings is 1. The molecule has 3 aromatic rings. The molecule has 0 saturated carbocycles. The first kappa shape index (κ1) is 17.5. The van der Waals surface area contributed by atoms with Crippen LogP contribution in [0.4, 0.5) is 0 Å². The summed E-state index contributed by atoms with van der Waals surface area (Å²) in [6.45, 7) is 4.92. The summed E-state index contributed by atoms with van der Waals surface area (Å²) >= 11 is 1.72. The largest absolute Gasteiger partial charge is 0.424 e. The van der Waals surface area contributed by atoms with E-state index in [1.165, 1.54) is 24.1 Å². The molecular formula is C21H23NO3S. The number of thiophene rings is 1. The van der Waals surface area contributed by atoms with Crippen LogP contribution in [0.2, 0.25) is 0 Å². The second-order valence-corrected chi connectivity index (χ2v) is 8.12. The maximum absolute atomic E-state index is 12.3. The summed E-state index contributed by atoms with van der Waals surface area (Å²) in [4.78, 5) is 17.1. The molecule has 1 saturated heterocycles. The van der Waals surface area contributed by atoms with E-state index in [1.54, 1.807) is 24.3 Å². The number of fused-ring (bicyclic) bond motifs is 1. The minimum atomic E-state index is -0.838. The SMILES string of the molecule is CC(O)c1oc(=O)c2ccccc2c1-c1ccc(CN2CCCCC2)s1. The average Bonchev–Trinajstić information content (AvgIpc) is 3.10. The van der Waals surface area contributed by atoms with Crippen molar-refractivity contribution in [3.05, 3.63) is 57.5 Å². The normalized spacial score (nSPS) is 16.8. The van der Waals surface area contributed by atoms with E-state index in [0.29, 0.717) is 11.1 Å². The third-order valence-electron chi connectivity index (χ3n) is 4.98. The Kier molecular flexibility index (Phi) is 4.94. The van der Waals surface area contributed by atoms with Crippen molar-refractivity contribution in [2.75, 3.05) is 13.1 Å². The van der Waals surface area contributed by atoms with Gasteiger partial charge in [-0.2, -0.15) is 0 Å². The molecular weight excluding hydrogens is 346 g/mol. The van der Waals surface area contributed by atoms with Gasteiger partial charge in [0.25, 0.3) is 0 Å². The van der Waals surface area contributed by atoms with Crippen LogP contribution in [-0.4, -0.2) is 23.1 Å². The molecule has 1 N–H and O–H groups in total. The van der Waals surface area contributed by atoms with Crippen LogP contribution in [0, 0.1) is 0 Å². The first-order chi connectivity index (χ1) is 12.6. The number of piperidine rings is 1. The molecule has 1 aromatic carbocycles. The second-order valence-electron chi connectivity index (χ2n) is 6.95. The lowest BCUT2D eigenvalue weighted by Crippen LogP contribution is -2.28. The van der Waals surface area contributed by atoms with Crippen LogP contribution in [0.5, 0.6) is 0 Å². The highest BCUT2D eigenvalue weighted by Gasteiger charge is 2.20. The minimum Gasteiger partial charge on any atom is -0.424 e. The Morgan fingerprint density at radius 1 is 1.12 bits per heavy atom. The Balaban J connectivity index is 1.77. The number of rotatable bonds is 4. The molecule has 1 unspecified atom stereocenters. The Morgan fingerprint density at radius 2 is 1.85 bits per heavy atom. The summed E-state index contributed by atoms with van der Waals surface area (Å²) in [5.41, 5.74) is 0.440. The highest BCUT2D eigenvalue weighted by Crippen LogP contribution is 2.38. The van der Waals surface area contributed by atoms with Crippen molar-refractivity contribution in [3.63, 3.8) is 0 Å². The second kappa shape index (κ2) is 7.35. The molecule has 3 heterocycles. The van der Waals surface area contributed by atoms with Gasteiger partial charge in [-0.15, -0.1) is 11.3 Å². The van der Waals surface area contributed by atoms with Gasteiger partial charge < -0.3 is 9.52 Å². The van der Waals surface area contributed by atoms with E-state index in [4.69, 9.17) is 4.42 Å². The smallest absolute Gasteiger partial charge is 0.343 e. The number of likely N-dealkylation sites (tertiary alicyclic amines) is 1. The summed E-state index contributed by atoms with van der Waals surface area (Å²) in [7, 11) is 0. The van der Waals surface area contributed by atoms with Gasteiger partial charge >= 0.3 is 5.63 Å². The molecule has 5 heteroatoms. The lowest BCUT2D eigenvalue weighted by atomic mass is 10.0. The van der Waals surface area contributed by atoms with E-state index in [9.17, 15) is 9.90 Å². The van der Waals surface area contributed by atoms with Gasteiger partial charge in [0, 0.05) is 27.2 Å². The molecule has 0 aliphatic carbocycles. The lowest BCUT2D eigenvalue weighted by Gasteiger charge is -2.25.